The molecule has 0 saturated carbocycles. The minimum Gasteiger partial charge on any atom is -0.494 e. The van der Waals surface area contributed by atoms with Gasteiger partial charge in [-0.2, -0.15) is 4.39 Å². The molecule has 0 atom stereocenters. The van der Waals surface area contributed by atoms with Crippen LogP contribution in [0.25, 0.3) is 16.9 Å². The van der Waals surface area contributed by atoms with Crippen molar-refractivity contribution in [2.24, 2.45) is 0 Å². The quantitative estimate of drug-likeness (QED) is 0.305. The van der Waals surface area contributed by atoms with Gasteiger partial charge >= 0.3 is 6.09 Å². The van der Waals surface area contributed by atoms with Crippen LogP contribution in [0, 0.1) is 11.6 Å². The molecule has 2 N–H and O–H groups in total. The highest BCUT2D eigenvalue weighted by Gasteiger charge is 2.35. The number of amides is 2. The molecule has 0 aliphatic carbocycles. The third kappa shape index (κ3) is 5.69. The van der Waals surface area contributed by atoms with Gasteiger partial charge in [0.15, 0.2) is 23.0 Å². The first-order chi connectivity index (χ1) is 20.0. The molecule has 1 fully saturated rings. The minimum atomic E-state index is -1.08. The average Bonchev–Trinajstić information content (AvgIpc) is 3.35. The zero-order valence-electron chi connectivity index (χ0n) is 24.0. The topological polar surface area (TPSA) is 110 Å². The summed E-state index contributed by atoms with van der Waals surface area (Å²) in [5.41, 5.74) is 2.22. The fourth-order valence-electron chi connectivity index (χ4n) is 4.72. The first-order valence-electron chi connectivity index (χ1n) is 13.5. The van der Waals surface area contributed by atoms with E-state index in [4.69, 9.17) is 9.47 Å². The molecule has 0 radical (unpaired) electrons. The van der Waals surface area contributed by atoms with E-state index in [2.05, 4.69) is 20.6 Å². The lowest BCUT2D eigenvalue weighted by Crippen LogP contribution is -2.61. The molecule has 4 aromatic rings. The second-order valence-corrected chi connectivity index (χ2v) is 11.0. The number of nitrogens with zero attached hydrogens (tertiary/aromatic N) is 4. The summed E-state index contributed by atoms with van der Waals surface area (Å²) in [5, 5.41) is 6.21. The summed E-state index contributed by atoms with van der Waals surface area (Å²) in [6, 6.07) is 7.98. The first kappa shape index (κ1) is 28.8. The number of rotatable bonds is 7. The number of imidazole rings is 1. The molecule has 1 aliphatic heterocycles. The van der Waals surface area contributed by atoms with E-state index in [1.54, 1.807) is 27.6 Å². The lowest BCUT2D eigenvalue weighted by atomic mass is 10.0. The fourth-order valence-corrected chi connectivity index (χ4v) is 4.72. The molecule has 12 heteroatoms. The molecule has 1 aliphatic rings. The van der Waals surface area contributed by atoms with Gasteiger partial charge in [-0.1, -0.05) is 6.92 Å². The van der Waals surface area contributed by atoms with Crippen molar-refractivity contribution in [1.29, 1.82) is 0 Å². The highest BCUT2D eigenvalue weighted by molar-refractivity contribution is 5.96. The number of methoxy groups -OCH3 is 1. The van der Waals surface area contributed by atoms with Crippen LogP contribution < -0.4 is 15.4 Å². The number of aromatic nitrogens is 3. The van der Waals surface area contributed by atoms with Crippen molar-refractivity contribution in [3.63, 3.8) is 0 Å². The molecule has 5 rings (SSSR count). The highest BCUT2D eigenvalue weighted by Crippen LogP contribution is 2.32. The number of ether oxygens (including phenoxy) is 2. The molecule has 3 heterocycles. The smallest absolute Gasteiger partial charge is 0.410 e. The van der Waals surface area contributed by atoms with Crippen molar-refractivity contribution in [2.45, 2.75) is 45.8 Å². The molecule has 220 valence electrons. The van der Waals surface area contributed by atoms with Gasteiger partial charge in [-0.25, -0.2) is 19.2 Å². The molecule has 42 heavy (non-hydrogen) atoms. The van der Waals surface area contributed by atoms with Crippen LogP contribution in [-0.4, -0.2) is 63.1 Å². The standard InChI is InChI=1S/C30H32F2N6O4/c1-6-17-13-18(7-8-20(17)28(39)36-19-15-37(16-19)29(40)42-30(2,3)4)35-26-27-34-14-22(38(27)12-11-33-26)21-9-10-23(41-5)25(32)24(21)31/h7-14,19H,6,15-16H2,1-5H3,(H,33,35)(H,36,39). The van der Waals surface area contributed by atoms with Crippen molar-refractivity contribution in [2.75, 3.05) is 25.5 Å². The first-order valence-corrected chi connectivity index (χ1v) is 13.5. The number of carbonyl (C=O) groups is 2. The predicted octanol–water partition coefficient (Wildman–Crippen LogP) is 5.34. The number of carbonyl (C=O) groups excluding carboxylic acids is 2. The van der Waals surface area contributed by atoms with Gasteiger partial charge in [0.1, 0.15) is 5.60 Å². The molecule has 1 saturated heterocycles. The Hall–Kier alpha value is -4.74. The van der Waals surface area contributed by atoms with Crippen molar-refractivity contribution >= 4 is 29.2 Å². The molecule has 0 unspecified atom stereocenters. The lowest BCUT2D eigenvalue weighted by molar-refractivity contribution is 0.00532. The summed E-state index contributed by atoms with van der Waals surface area (Å²) in [6.45, 7) is 8.15. The van der Waals surface area contributed by atoms with E-state index in [9.17, 15) is 18.4 Å². The Balaban J connectivity index is 1.31. The van der Waals surface area contributed by atoms with Crippen LogP contribution in [-0.2, 0) is 11.2 Å². The summed E-state index contributed by atoms with van der Waals surface area (Å²) in [7, 11) is 1.27. The van der Waals surface area contributed by atoms with E-state index in [0.717, 1.165) is 5.56 Å². The molecular weight excluding hydrogens is 546 g/mol. The Bertz CT molecular complexity index is 1660. The Morgan fingerprint density at radius 1 is 1.10 bits per heavy atom. The summed E-state index contributed by atoms with van der Waals surface area (Å²) >= 11 is 0. The molecule has 0 bridgehead atoms. The average molecular weight is 579 g/mol. The van der Waals surface area contributed by atoms with Gasteiger partial charge in [-0.15, -0.1) is 0 Å². The number of halogens is 2. The third-order valence-corrected chi connectivity index (χ3v) is 6.83. The number of benzene rings is 2. The van der Waals surface area contributed by atoms with E-state index >= 15 is 0 Å². The Morgan fingerprint density at radius 2 is 1.86 bits per heavy atom. The number of aryl methyl sites for hydroxylation is 1. The molecule has 10 nitrogen and oxygen atoms in total. The SMILES string of the molecule is CCc1cc(Nc2nccn3c(-c4ccc(OC)c(F)c4F)cnc23)ccc1C(=O)NC1CN(C(=O)OC(C)(C)C)C1. The predicted molar refractivity (Wildman–Crippen MR) is 153 cm³/mol. The number of likely N-dealkylation sites (tertiary alicyclic amines) is 1. The van der Waals surface area contributed by atoms with Gasteiger partial charge in [0.25, 0.3) is 5.91 Å². The number of hydrogen-bond acceptors (Lipinski definition) is 7. The Labute approximate surface area is 241 Å². The maximum atomic E-state index is 14.8. The van der Waals surface area contributed by atoms with E-state index in [1.807, 2.05) is 33.8 Å². The molecule has 2 aromatic carbocycles. The maximum absolute atomic E-state index is 14.8. The van der Waals surface area contributed by atoms with Gasteiger partial charge in [0, 0.05) is 42.3 Å². The Kier molecular flexibility index (Phi) is 7.72. The Morgan fingerprint density at radius 3 is 2.55 bits per heavy atom. The van der Waals surface area contributed by atoms with Gasteiger partial charge in [0.05, 0.1) is 25.0 Å². The molecule has 2 amide bonds. The zero-order chi connectivity index (χ0) is 30.2. The summed E-state index contributed by atoms with van der Waals surface area (Å²) < 4.78 is 41.0. The van der Waals surface area contributed by atoms with Crippen molar-refractivity contribution < 1.29 is 27.8 Å². The van der Waals surface area contributed by atoms with E-state index in [1.165, 1.54) is 31.6 Å². The lowest BCUT2D eigenvalue weighted by Gasteiger charge is -2.40. The summed E-state index contributed by atoms with van der Waals surface area (Å²) in [6.07, 6.45) is 4.79. The van der Waals surface area contributed by atoms with Crippen molar-refractivity contribution in [3.05, 3.63) is 71.7 Å². The normalized spacial score (nSPS) is 13.5. The van der Waals surface area contributed by atoms with Crippen LogP contribution in [0.5, 0.6) is 5.75 Å². The fraction of sp³-hybridized carbons (Fsp3) is 0.333. The zero-order valence-corrected chi connectivity index (χ0v) is 24.0. The monoisotopic (exact) mass is 578 g/mol. The molecular formula is C30H32F2N6O4. The number of nitrogens with one attached hydrogen (secondary N) is 2. The van der Waals surface area contributed by atoms with Crippen LogP contribution >= 0.6 is 0 Å². The van der Waals surface area contributed by atoms with Crippen LogP contribution in [0.15, 0.2) is 48.9 Å². The number of fused-ring (bicyclic) bond motifs is 1. The number of anilines is 2. The third-order valence-electron chi connectivity index (χ3n) is 6.83. The van der Waals surface area contributed by atoms with Crippen molar-refractivity contribution in [1.82, 2.24) is 24.6 Å². The minimum absolute atomic E-state index is 0.0299. The molecule has 0 spiro atoms. The highest BCUT2D eigenvalue weighted by atomic mass is 19.2. The van der Waals surface area contributed by atoms with E-state index in [0.29, 0.717) is 47.9 Å². The van der Waals surface area contributed by atoms with E-state index in [-0.39, 0.29) is 23.3 Å². The maximum Gasteiger partial charge on any atom is 0.410 e. The van der Waals surface area contributed by atoms with Crippen LogP contribution in [0.1, 0.15) is 43.6 Å². The second-order valence-electron chi connectivity index (χ2n) is 11.0. The van der Waals surface area contributed by atoms with Gasteiger partial charge in [-0.3, -0.25) is 9.20 Å². The van der Waals surface area contributed by atoms with Crippen LogP contribution in [0.3, 0.4) is 0 Å². The van der Waals surface area contributed by atoms with Crippen molar-refractivity contribution in [3.8, 4) is 17.0 Å². The van der Waals surface area contributed by atoms with E-state index < -0.39 is 23.3 Å². The summed E-state index contributed by atoms with van der Waals surface area (Å²) in [5.74, 6) is -2.13. The largest absolute Gasteiger partial charge is 0.494 e. The van der Waals surface area contributed by atoms with Gasteiger partial charge in [-0.05, 0) is 63.1 Å². The van der Waals surface area contributed by atoms with Crippen LogP contribution in [0.2, 0.25) is 0 Å². The van der Waals surface area contributed by atoms with Gasteiger partial charge in [0.2, 0.25) is 5.82 Å². The van der Waals surface area contributed by atoms with Crippen LogP contribution in [0.4, 0.5) is 25.1 Å². The second kappa shape index (κ2) is 11.3. The van der Waals surface area contributed by atoms with Gasteiger partial charge < -0.3 is 25.0 Å². The summed E-state index contributed by atoms with van der Waals surface area (Å²) in [4.78, 5) is 35.6. The molecule has 2 aromatic heterocycles. The number of hydrogen-bond donors (Lipinski definition) is 2.